The molecule has 1 heterocycles. The quantitative estimate of drug-likeness (QED) is 0.656. The Kier molecular flexibility index (Phi) is 4.31. The Morgan fingerprint density at radius 3 is 2.63 bits per heavy atom. The van der Waals surface area contributed by atoms with Crippen LogP contribution < -0.4 is 5.32 Å². The molecule has 0 aliphatic rings. The summed E-state index contributed by atoms with van der Waals surface area (Å²) in [7, 11) is 0. The maximum Gasteiger partial charge on any atom is 0.149 e. The van der Waals surface area contributed by atoms with Crippen molar-refractivity contribution < 1.29 is 8.78 Å². The van der Waals surface area contributed by atoms with Gasteiger partial charge in [0.2, 0.25) is 0 Å². The number of hydrogen-bond donors (Lipinski definition) is 1. The van der Waals surface area contributed by atoms with E-state index < -0.39 is 11.6 Å². The van der Waals surface area contributed by atoms with Crippen LogP contribution in [-0.4, -0.2) is 9.97 Å². The number of aromatic nitrogens is 2. The summed E-state index contributed by atoms with van der Waals surface area (Å²) in [6.07, 6.45) is 0.602. The van der Waals surface area contributed by atoms with Gasteiger partial charge >= 0.3 is 0 Å². The summed E-state index contributed by atoms with van der Waals surface area (Å²) in [6.45, 7) is 1.88. The van der Waals surface area contributed by atoms with Gasteiger partial charge in [-0.25, -0.2) is 18.7 Å². The average molecular weight is 349 g/mol. The van der Waals surface area contributed by atoms with E-state index in [-0.39, 0.29) is 15.3 Å². The molecule has 1 aromatic carbocycles. The van der Waals surface area contributed by atoms with Gasteiger partial charge in [0.15, 0.2) is 0 Å². The number of nitrogens with zero attached hydrogens (tertiary/aromatic N) is 2. The Morgan fingerprint density at radius 1 is 1.21 bits per heavy atom. The van der Waals surface area contributed by atoms with Crippen LogP contribution >= 0.6 is 27.5 Å². The normalized spacial score (nSPS) is 10.6. The number of benzene rings is 1. The molecule has 2 aromatic rings. The lowest BCUT2D eigenvalue weighted by atomic mass is 10.3. The van der Waals surface area contributed by atoms with Crippen molar-refractivity contribution >= 4 is 39.0 Å². The molecule has 0 radical (unpaired) electrons. The maximum absolute atomic E-state index is 13.6. The summed E-state index contributed by atoms with van der Waals surface area (Å²) in [5.41, 5.74) is 0.102. The van der Waals surface area contributed by atoms with Crippen LogP contribution in [0, 0.1) is 11.6 Å². The molecule has 0 fully saturated rings. The fourth-order valence-electron chi connectivity index (χ4n) is 1.44. The first-order valence-corrected chi connectivity index (χ1v) is 6.61. The standard InChI is InChI=1S/C12H9BrClF2N3/c1-2-11-18-10(14)5-12(19-11)17-9-3-6(13)7(15)4-8(9)16/h3-5H,2H2,1H3,(H,17,18,19). The molecule has 0 aliphatic carbocycles. The largest absolute Gasteiger partial charge is 0.338 e. The zero-order chi connectivity index (χ0) is 14.0. The van der Waals surface area contributed by atoms with Crippen molar-refractivity contribution in [2.24, 2.45) is 0 Å². The smallest absolute Gasteiger partial charge is 0.149 e. The van der Waals surface area contributed by atoms with E-state index in [0.717, 1.165) is 6.07 Å². The third kappa shape index (κ3) is 3.39. The number of nitrogens with one attached hydrogen (secondary N) is 1. The molecule has 0 bridgehead atoms. The van der Waals surface area contributed by atoms with Gasteiger partial charge in [0.25, 0.3) is 0 Å². The Balaban J connectivity index is 2.36. The van der Waals surface area contributed by atoms with Gasteiger partial charge in [-0.3, -0.25) is 0 Å². The van der Waals surface area contributed by atoms with E-state index in [0.29, 0.717) is 18.1 Å². The van der Waals surface area contributed by atoms with E-state index in [1.54, 1.807) is 0 Å². The lowest BCUT2D eigenvalue weighted by molar-refractivity contribution is 0.581. The highest BCUT2D eigenvalue weighted by atomic mass is 79.9. The molecule has 2 rings (SSSR count). The summed E-state index contributed by atoms with van der Waals surface area (Å²) in [5, 5.41) is 3.01. The van der Waals surface area contributed by atoms with E-state index in [1.165, 1.54) is 12.1 Å². The van der Waals surface area contributed by atoms with Crippen LogP contribution in [-0.2, 0) is 6.42 Å². The van der Waals surface area contributed by atoms with Crippen molar-refractivity contribution in [3.05, 3.63) is 45.3 Å². The summed E-state index contributed by atoms with van der Waals surface area (Å²) in [4.78, 5) is 8.16. The van der Waals surface area contributed by atoms with Crippen molar-refractivity contribution in [2.45, 2.75) is 13.3 Å². The molecule has 1 N–H and O–H groups in total. The molecule has 0 aliphatic heterocycles. The second kappa shape index (κ2) is 5.79. The summed E-state index contributed by atoms with van der Waals surface area (Å²) in [5.74, 6) is -0.489. The van der Waals surface area contributed by atoms with E-state index in [4.69, 9.17) is 11.6 Å². The molecule has 100 valence electrons. The minimum atomic E-state index is -0.714. The monoisotopic (exact) mass is 347 g/mol. The first kappa shape index (κ1) is 14.1. The molecule has 7 heteroatoms. The van der Waals surface area contributed by atoms with Crippen LogP contribution in [0.2, 0.25) is 5.15 Å². The number of aryl methyl sites for hydroxylation is 1. The third-order valence-corrected chi connectivity index (χ3v) is 3.13. The van der Waals surface area contributed by atoms with Crippen molar-refractivity contribution in [1.29, 1.82) is 0 Å². The van der Waals surface area contributed by atoms with E-state index in [1.807, 2.05) is 6.92 Å². The SMILES string of the molecule is CCc1nc(Cl)cc(Nc2cc(Br)c(F)cc2F)n1. The van der Waals surface area contributed by atoms with Crippen LogP contribution in [0.5, 0.6) is 0 Å². The molecule has 0 spiro atoms. The van der Waals surface area contributed by atoms with E-state index in [2.05, 4.69) is 31.2 Å². The molecule has 0 unspecified atom stereocenters. The van der Waals surface area contributed by atoms with Gasteiger partial charge in [-0.1, -0.05) is 18.5 Å². The number of hydrogen-bond acceptors (Lipinski definition) is 3. The number of halogens is 4. The lowest BCUT2D eigenvalue weighted by Gasteiger charge is -2.09. The number of anilines is 2. The van der Waals surface area contributed by atoms with Crippen LogP contribution in [0.15, 0.2) is 22.7 Å². The summed E-state index contributed by atoms with van der Waals surface area (Å²) in [6, 6.07) is 3.56. The lowest BCUT2D eigenvalue weighted by Crippen LogP contribution is -2.01. The topological polar surface area (TPSA) is 37.8 Å². The van der Waals surface area contributed by atoms with Crippen LogP contribution in [0.4, 0.5) is 20.3 Å². The van der Waals surface area contributed by atoms with Gasteiger partial charge in [0.1, 0.15) is 28.4 Å². The molecule has 0 saturated carbocycles. The minimum absolute atomic E-state index is 0.102. The molecule has 3 nitrogen and oxygen atoms in total. The second-order valence-corrected chi connectivity index (χ2v) is 4.96. The first-order valence-electron chi connectivity index (χ1n) is 5.44. The molecule has 19 heavy (non-hydrogen) atoms. The van der Waals surface area contributed by atoms with E-state index >= 15 is 0 Å². The zero-order valence-corrected chi connectivity index (χ0v) is 12.2. The zero-order valence-electron chi connectivity index (χ0n) is 9.85. The van der Waals surface area contributed by atoms with Gasteiger partial charge in [-0.2, -0.15) is 0 Å². The molecular formula is C12H9BrClF2N3. The first-order chi connectivity index (χ1) is 8.99. The summed E-state index contributed by atoms with van der Waals surface area (Å²) < 4.78 is 26.9. The van der Waals surface area contributed by atoms with Crippen LogP contribution in [0.25, 0.3) is 0 Å². The predicted octanol–water partition coefficient (Wildman–Crippen LogP) is 4.48. The Bertz CT molecular complexity index is 622. The second-order valence-electron chi connectivity index (χ2n) is 3.72. The highest BCUT2D eigenvalue weighted by Gasteiger charge is 2.10. The van der Waals surface area contributed by atoms with Crippen molar-refractivity contribution in [2.75, 3.05) is 5.32 Å². The molecule has 0 saturated heterocycles. The fourth-order valence-corrected chi connectivity index (χ4v) is 1.99. The molecule has 0 amide bonds. The molecule has 1 aromatic heterocycles. The average Bonchev–Trinajstić information content (AvgIpc) is 2.35. The van der Waals surface area contributed by atoms with Gasteiger partial charge < -0.3 is 5.32 Å². The maximum atomic E-state index is 13.6. The fraction of sp³-hybridized carbons (Fsp3) is 0.167. The minimum Gasteiger partial charge on any atom is -0.338 e. The third-order valence-electron chi connectivity index (χ3n) is 2.33. The highest BCUT2D eigenvalue weighted by molar-refractivity contribution is 9.10. The van der Waals surface area contributed by atoms with Crippen LogP contribution in [0.1, 0.15) is 12.7 Å². The Hall–Kier alpha value is -1.27. The van der Waals surface area contributed by atoms with E-state index in [9.17, 15) is 8.78 Å². The highest BCUT2D eigenvalue weighted by Crippen LogP contribution is 2.26. The van der Waals surface area contributed by atoms with Crippen LogP contribution in [0.3, 0.4) is 0 Å². The predicted molar refractivity (Wildman–Crippen MR) is 73.8 cm³/mol. The van der Waals surface area contributed by atoms with Crippen molar-refractivity contribution in [3.8, 4) is 0 Å². The van der Waals surface area contributed by atoms with Gasteiger partial charge in [-0.15, -0.1) is 0 Å². The van der Waals surface area contributed by atoms with Crippen molar-refractivity contribution in [1.82, 2.24) is 9.97 Å². The summed E-state index contributed by atoms with van der Waals surface area (Å²) >= 11 is 8.83. The van der Waals surface area contributed by atoms with Crippen molar-refractivity contribution in [3.63, 3.8) is 0 Å². The Labute approximate surface area is 122 Å². The molecular weight excluding hydrogens is 340 g/mol. The molecule has 0 atom stereocenters. The van der Waals surface area contributed by atoms with Gasteiger partial charge in [0.05, 0.1) is 10.2 Å². The van der Waals surface area contributed by atoms with Gasteiger partial charge in [0, 0.05) is 18.6 Å². The number of rotatable bonds is 3. The Morgan fingerprint density at radius 2 is 1.95 bits per heavy atom. The van der Waals surface area contributed by atoms with Gasteiger partial charge in [-0.05, 0) is 22.0 Å².